The van der Waals surface area contributed by atoms with Gasteiger partial charge in [-0.25, -0.2) is 0 Å². The van der Waals surface area contributed by atoms with E-state index in [0.29, 0.717) is 6.42 Å². The quantitative estimate of drug-likeness (QED) is 0.521. The summed E-state index contributed by atoms with van der Waals surface area (Å²) >= 11 is 0. The molecule has 0 N–H and O–H groups in total. The molecule has 0 spiro atoms. The Bertz CT molecular complexity index is 241. The average molecular weight is 260 g/mol. The van der Waals surface area contributed by atoms with Crippen molar-refractivity contribution in [2.45, 2.75) is 59.4 Å². The molecule has 0 aliphatic carbocycles. The number of carbonyl (C=O) groups excluding carboxylic acids is 1. The van der Waals surface area contributed by atoms with Gasteiger partial charge in [0.15, 0.2) is 6.29 Å². The summed E-state index contributed by atoms with van der Waals surface area (Å²) in [5.74, 6) is -0.0905. The third kappa shape index (κ3) is 6.36. The second-order valence-corrected chi connectivity index (χ2v) is 5.69. The third-order valence-corrected chi connectivity index (χ3v) is 2.82. The fraction of sp³-hybridized carbons (Fsp3) is 0.929. The highest BCUT2D eigenvalue weighted by atomic mass is 16.7. The average Bonchev–Trinajstić information content (AvgIpc) is 2.24. The van der Waals surface area contributed by atoms with Crippen LogP contribution in [0.25, 0.3) is 0 Å². The molecule has 0 aromatic heterocycles. The maximum absolute atomic E-state index is 12.0. The van der Waals surface area contributed by atoms with E-state index in [1.165, 1.54) is 0 Å². The monoisotopic (exact) mass is 260 g/mol. The first-order valence-electron chi connectivity index (χ1n) is 6.53. The van der Waals surface area contributed by atoms with Crippen molar-refractivity contribution in [2.24, 2.45) is 11.8 Å². The molecule has 0 fully saturated rings. The van der Waals surface area contributed by atoms with Gasteiger partial charge >= 0.3 is 5.97 Å². The maximum Gasteiger partial charge on any atom is 0.309 e. The van der Waals surface area contributed by atoms with Crippen molar-refractivity contribution in [3.8, 4) is 0 Å². The maximum atomic E-state index is 12.0. The highest BCUT2D eigenvalue weighted by Gasteiger charge is 2.28. The number of hydrogen-bond acceptors (Lipinski definition) is 4. The lowest BCUT2D eigenvalue weighted by Gasteiger charge is -2.27. The molecule has 0 rings (SSSR count). The lowest BCUT2D eigenvalue weighted by molar-refractivity contribution is -0.164. The highest BCUT2D eigenvalue weighted by Crippen LogP contribution is 2.23. The molecule has 0 bridgehead atoms. The van der Waals surface area contributed by atoms with Crippen LogP contribution in [-0.4, -0.2) is 32.1 Å². The number of methoxy groups -OCH3 is 2. The third-order valence-electron chi connectivity index (χ3n) is 2.82. The van der Waals surface area contributed by atoms with Crippen molar-refractivity contribution in [3.63, 3.8) is 0 Å². The van der Waals surface area contributed by atoms with E-state index in [-0.39, 0.29) is 24.1 Å². The zero-order chi connectivity index (χ0) is 14.3. The first-order valence-corrected chi connectivity index (χ1v) is 6.53. The van der Waals surface area contributed by atoms with Gasteiger partial charge in [0.1, 0.15) is 5.60 Å². The summed E-state index contributed by atoms with van der Waals surface area (Å²) in [5, 5.41) is 0. The van der Waals surface area contributed by atoms with Crippen molar-refractivity contribution in [1.29, 1.82) is 0 Å². The number of rotatable bonds is 7. The second-order valence-electron chi connectivity index (χ2n) is 5.69. The van der Waals surface area contributed by atoms with Crippen molar-refractivity contribution in [3.05, 3.63) is 0 Å². The molecule has 0 heterocycles. The molecule has 4 heteroatoms. The molecule has 0 aromatic rings. The Labute approximate surface area is 111 Å². The number of esters is 1. The summed E-state index contributed by atoms with van der Waals surface area (Å²) in [6.07, 6.45) is 1.19. The number of ether oxygens (including phenoxy) is 3. The Hall–Kier alpha value is -0.610. The predicted octanol–water partition coefficient (Wildman–Crippen LogP) is 3.00. The van der Waals surface area contributed by atoms with Crippen LogP contribution in [0, 0.1) is 11.8 Å². The van der Waals surface area contributed by atoms with E-state index in [2.05, 4.69) is 0 Å². The smallest absolute Gasteiger partial charge is 0.309 e. The zero-order valence-corrected chi connectivity index (χ0v) is 12.8. The fourth-order valence-corrected chi connectivity index (χ4v) is 1.94. The highest BCUT2D eigenvalue weighted by molar-refractivity contribution is 5.72. The lowest BCUT2D eigenvalue weighted by Crippen LogP contribution is -2.32. The molecule has 0 aliphatic heterocycles. The molecule has 0 saturated heterocycles. The predicted molar refractivity (Wildman–Crippen MR) is 71.2 cm³/mol. The normalized spacial score (nSPS) is 15.6. The van der Waals surface area contributed by atoms with Gasteiger partial charge in [-0.1, -0.05) is 13.8 Å². The van der Waals surface area contributed by atoms with E-state index in [0.717, 1.165) is 6.42 Å². The van der Waals surface area contributed by atoms with Gasteiger partial charge in [-0.15, -0.1) is 0 Å². The zero-order valence-electron chi connectivity index (χ0n) is 12.8. The SMILES string of the molecule is CCC(CC(C)C(OC)OC)C(=O)OC(C)(C)C. The summed E-state index contributed by atoms with van der Waals surface area (Å²) in [5.41, 5.74) is -0.435. The standard InChI is InChI=1S/C14H28O4/c1-8-11(12(15)18-14(3,4)5)9-10(2)13(16-6)17-7/h10-11,13H,8-9H2,1-7H3. The van der Waals surface area contributed by atoms with E-state index in [1.54, 1.807) is 14.2 Å². The van der Waals surface area contributed by atoms with Crippen molar-refractivity contribution in [1.82, 2.24) is 0 Å². The van der Waals surface area contributed by atoms with Gasteiger partial charge in [-0.05, 0) is 33.6 Å². The second kappa shape index (κ2) is 7.74. The van der Waals surface area contributed by atoms with E-state index in [4.69, 9.17) is 14.2 Å². The van der Waals surface area contributed by atoms with Crippen LogP contribution in [-0.2, 0) is 19.0 Å². The van der Waals surface area contributed by atoms with E-state index < -0.39 is 5.60 Å². The summed E-state index contributed by atoms with van der Waals surface area (Å²) in [4.78, 5) is 12.0. The minimum atomic E-state index is -0.435. The Kier molecular flexibility index (Phi) is 7.48. The van der Waals surface area contributed by atoms with Crippen LogP contribution >= 0.6 is 0 Å². The minimum Gasteiger partial charge on any atom is -0.460 e. The van der Waals surface area contributed by atoms with Crippen LogP contribution in [0.1, 0.15) is 47.5 Å². The number of carbonyl (C=O) groups is 1. The molecule has 2 unspecified atom stereocenters. The molecule has 108 valence electrons. The summed E-state index contributed by atoms with van der Waals surface area (Å²) in [7, 11) is 3.22. The molecule has 0 amide bonds. The Morgan fingerprint density at radius 2 is 1.67 bits per heavy atom. The largest absolute Gasteiger partial charge is 0.460 e. The van der Waals surface area contributed by atoms with Crippen molar-refractivity contribution >= 4 is 5.97 Å². The molecule has 0 radical (unpaired) electrons. The molecular weight excluding hydrogens is 232 g/mol. The lowest BCUT2D eigenvalue weighted by atomic mass is 9.93. The van der Waals surface area contributed by atoms with Gasteiger partial charge in [0.2, 0.25) is 0 Å². The molecule has 0 aromatic carbocycles. The van der Waals surface area contributed by atoms with Crippen LogP contribution in [0.2, 0.25) is 0 Å². The summed E-state index contributed by atoms with van der Waals surface area (Å²) in [6, 6.07) is 0. The van der Waals surface area contributed by atoms with Gasteiger partial charge in [0.05, 0.1) is 5.92 Å². The van der Waals surface area contributed by atoms with Crippen LogP contribution in [0.15, 0.2) is 0 Å². The van der Waals surface area contributed by atoms with Crippen LogP contribution in [0.3, 0.4) is 0 Å². The number of hydrogen-bond donors (Lipinski definition) is 0. The molecule has 0 aliphatic rings. The van der Waals surface area contributed by atoms with E-state index >= 15 is 0 Å². The first-order chi connectivity index (χ1) is 8.25. The van der Waals surface area contributed by atoms with Gasteiger partial charge in [0, 0.05) is 20.1 Å². The summed E-state index contributed by atoms with van der Waals surface area (Å²) < 4.78 is 15.8. The summed E-state index contributed by atoms with van der Waals surface area (Å²) in [6.45, 7) is 9.66. The topological polar surface area (TPSA) is 44.8 Å². The van der Waals surface area contributed by atoms with E-state index in [1.807, 2.05) is 34.6 Å². The fourth-order valence-electron chi connectivity index (χ4n) is 1.94. The molecule has 18 heavy (non-hydrogen) atoms. The van der Waals surface area contributed by atoms with Gasteiger partial charge < -0.3 is 14.2 Å². The molecule has 0 saturated carbocycles. The van der Waals surface area contributed by atoms with E-state index in [9.17, 15) is 4.79 Å². The van der Waals surface area contributed by atoms with Gasteiger partial charge in [-0.2, -0.15) is 0 Å². The Morgan fingerprint density at radius 1 is 1.17 bits per heavy atom. The van der Waals surface area contributed by atoms with Gasteiger partial charge in [0.25, 0.3) is 0 Å². The molecular formula is C14H28O4. The van der Waals surface area contributed by atoms with Crippen LogP contribution in [0.5, 0.6) is 0 Å². The molecule has 4 nitrogen and oxygen atoms in total. The van der Waals surface area contributed by atoms with Gasteiger partial charge in [-0.3, -0.25) is 4.79 Å². The molecule has 2 atom stereocenters. The van der Waals surface area contributed by atoms with Crippen molar-refractivity contribution in [2.75, 3.05) is 14.2 Å². The van der Waals surface area contributed by atoms with Crippen LogP contribution in [0.4, 0.5) is 0 Å². The minimum absolute atomic E-state index is 0.105. The van der Waals surface area contributed by atoms with Crippen LogP contribution < -0.4 is 0 Å². The first kappa shape index (κ1) is 17.4. The Balaban J connectivity index is 4.46. The Morgan fingerprint density at radius 3 is 2.00 bits per heavy atom. The van der Waals surface area contributed by atoms with Crippen molar-refractivity contribution < 1.29 is 19.0 Å².